The molecule has 16 heteroatoms. The normalized spacial score (nSPS) is 52.5. The van der Waals surface area contributed by atoms with Crippen molar-refractivity contribution < 1.29 is 79.9 Å². The van der Waals surface area contributed by atoms with Crippen molar-refractivity contribution in [1.82, 2.24) is 0 Å². The predicted molar refractivity (Wildman–Crippen MR) is 101 cm³/mol. The highest BCUT2D eigenvalue weighted by Gasteiger charge is 2.53. The summed E-state index contributed by atoms with van der Waals surface area (Å²) in [6.45, 7) is -2.33. The van der Waals surface area contributed by atoms with Crippen molar-refractivity contribution in [3.05, 3.63) is 0 Å². The molecule has 3 heterocycles. The molecule has 0 radical (unpaired) electrons. The third kappa shape index (κ3) is 5.37. The molecule has 15 atom stereocenters. The van der Waals surface area contributed by atoms with Crippen LogP contribution in [0.1, 0.15) is 0 Å². The van der Waals surface area contributed by atoms with Gasteiger partial charge >= 0.3 is 0 Å². The van der Waals surface area contributed by atoms with E-state index >= 15 is 0 Å². The molecule has 0 amide bonds. The zero-order valence-electron chi connectivity index (χ0n) is 17.7. The zero-order chi connectivity index (χ0) is 25.3. The Morgan fingerprint density at radius 1 is 0.441 bits per heavy atom. The molecule has 0 saturated carbocycles. The van der Waals surface area contributed by atoms with E-state index in [2.05, 4.69) is 0 Å². The summed E-state index contributed by atoms with van der Waals surface area (Å²) in [6.07, 6.45) is -25.6. The molecule has 0 bridgehead atoms. The third-order valence-corrected chi connectivity index (χ3v) is 6.10. The Hall–Kier alpha value is -0.640. The van der Waals surface area contributed by atoms with Crippen LogP contribution < -0.4 is 0 Å². The van der Waals surface area contributed by atoms with E-state index in [9.17, 15) is 56.2 Å². The lowest BCUT2D eigenvalue weighted by Gasteiger charge is -2.48. The molecule has 0 unspecified atom stereocenters. The van der Waals surface area contributed by atoms with Crippen molar-refractivity contribution >= 4 is 0 Å². The Labute approximate surface area is 192 Å². The van der Waals surface area contributed by atoms with E-state index in [1.165, 1.54) is 0 Å². The Bertz CT molecular complexity index is 637. The molecular weight excluding hydrogens is 472 g/mol. The Morgan fingerprint density at radius 2 is 0.824 bits per heavy atom. The third-order valence-electron chi connectivity index (χ3n) is 6.10. The maximum Gasteiger partial charge on any atom is 0.187 e. The van der Waals surface area contributed by atoms with Crippen LogP contribution in [0.3, 0.4) is 0 Å². The minimum Gasteiger partial charge on any atom is -0.394 e. The first-order valence-electron chi connectivity index (χ1n) is 10.6. The summed E-state index contributed by atoms with van der Waals surface area (Å²) < 4.78 is 26.5. The SMILES string of the molecule is OC[C@H]1O[C@@H](O)[C@H](O[C@H]2O[C@H](CO)[C@@H](O)[C@H](O)[C@H]2O)[C@@H](O[C@H]2O[C@H](CO)[C@@H](O)[C@H](O)[C@@H]2O)[C@H]1O. The molecular formula is C18H32O16. The lowest BCUT2D eigenvalue weighted by molar-refractivity contribution is -0.387. The second kappa shape index (κ2) is 11.6. The highest BCUT2D eigenvalue weighted by molar-refractivity contribution is 4.96. The molecule has 3 fully saturated rings. The molecule has 0 aliphatic carbocycles. The fourth-order valence-corrected chi connectivity index (χ4v) is 4.03. The fraction of sp³-hybridized carbons (Fsp3) is 1.00. The second-order valence-corrected chi connectivity index (χ2v) is 8.33. The molecule has 0 aromatic rings. The first kappa shape index (κ1) is 27.9. The van der Waals surface area contributed by atoms with Crippen molar-refractivity contribution in [2.75, 3.05) is 19.8 Å². The molecule has 3 rings (SSSR count). The first-order valence-corrected chi connectivity index (χ1v) is 10.6. The number of hydrogen-bond donors (Lipinski definition) is 11. The van der Waals surface area contributed by atoms with Crippen molar-refractivity contribution in [2.45, 2.75) is 92.1 Å². The van der Waals surface area contributed by atoms with Crippen LogP contribution in [-0.4, -0.2) is 168 Å². The van der Waals surface area contributed by atoms with Crippen LogP contribution in [0.4, 0.5) is 0 Å². The summed E-state index contributed by atoms with van der Waals surface area (Å²) in [5, 5.41) is 109. The van der Waals surface area contributed by atoms with E-state index in [0.29, 0.717) is 0 Å². The first-order chi connectivity index (χ1) is 16.0. The van der Waals surface area contributed by atoms with Gasteiger partial charge in [-0.2, -0.15) is 0 Å². The standard InChI is InChI=1S/C18H32O16/c19-1-4-7(22)10(25)12(27)17(31-4)33-14-9(24)6(3-21)30-16(29)15(14)34-18-13(28)11(26)8(23)5(2-20)32-18/h4-29H,1-3H2/t4-,5-,6-,7-,8-,9+,10+,11+,12+,13-,14+,15-,16-,17-,18-/m1/s1. The van der Waals surface area contributed by atoms with Crippen LogP contribution in [0.2, 0.25) is 0 Å². The van der Waals surface area contributed by atoms with Crippen LogP contribution in [-0.2, 0) is 23.7 Å². The Morgan fingerprint density at radius 3 is 1.24 bits per heavy atom. The van der Waals surface area contributed by atoms with E-state index in [4.69, 9.17) is 23.7 Å². The maximum atomic E-state index is 10.6. The molecule has 16 nitrogen and oxygen atoms in total. The molecule has 34 heavy (non-hydrogen) atoms. The van der Waals surface area contributed by atoms with Gasteiger partial charge in [0.15, 0.2) is 18.9 Å². The van der Waals surface area contributed by atoms with Crippen LogP contribution >= 0.6 is 0 Å². The summed E-state index contributed by atoms with van der Waals surface area (Å²) >= 11 is 0. The number of aliphatic hydroxyl groups excluding tert-OH is 11. The van der Waals surface area contributed by atoms with Gasteiger partial charge in [-0.3, -0.25) is 0 Å². The molecule has 200 valence electrons. The smallest absolute Gasteiger partial charge is 0.187 e. The van der Waals surface area contributed by atoms with Gasteiger partial charge in [0.1, 0.15) is 73.2 Å². The van der Waals surface area contributed by atoms with E-state index in [1.54, 1.807) is 0 Å². The van der Waals surface area contributed by atoms with E-state index in [-0.39, 0.29) is 0 Å². The van der Waals surface area contributed by atoms with Gasteiger partial charge in [-0.25, -0.2) is 0 Å². The zero-order valence-corrected chi connectivity index (χ0v) is 17.7. The van der Waals surface area contributed by atoms with Crippen LogP contribution in [0.25, 0.3) is 0 Å². The highest BCUT2D eigenvalue weighted by Crippen LogP contribution is 2.32. The molecule has 3 saturated heterocycles. The average molecular weight is 504 g/mol. The van der Waals surface area contributed by atoms with Crippen molar-refractivity contribution in [3.8, 4) is 0 Å². The van der Waals surface area contributed by atoms with Crippen LogP contribution in [0.5, 0.6) is 0 Å². The summed E-state index contributed by atoms with van der Waals surface area (Å²) in [7, 11) is 0. The molecule has 0 spiro atoms. The van der Waals surface area contributed by atoms with Gasteiger partial charge in [-0.05, 0) is 0 Å². The van der Waals surface area contributed by atoms with Gasteiger partial charge in [0.05, 0.1) is 19.8 Å². The predicted octanol–water partition coefficient (Wildman–Crippen LogP) is -7.57. The second-order valence-electron chi connectivity index (χ2n) is 8.33. The fourth-order valence-electron chi connectivity index (χ4n) is 4.03. The largest absolute Gasteiger partial charge is 0.394 e. The number of rotatable bonds is 7. The molecule has 0 aromatic carbocycles. The Balaban J connectivity index is 1.83. The Kier molecular flexibility index (Phi) is 9.54. The summed E-state index contributed by atoms with van der Waals surface area (Å²) in [4.78, 5) is 0. The van der Waals surface area contributed by atoms with Crippen molar-refractivity contribution in [2.24, 2.45) is 0 Å². The molecule has 3 aliphatic heterocycles. The van der Waals surface area contributed by atoms with Gasteiger partial charge in [-0.1, -0.05) is 0 Å². The van der Waals surface area contributed by atoms with Gasteiger partial charge in [0, 0.05) is 0 Å². The lowest BCUT2D eigenvalue weighted by atomic mass is 9.96. The number of hydrogen-bond acceptors (Lipinski definition) is 16. The van der Waals surface area contributed by atoms with E-state index < -0.39 is 112 Å². The van der Waals surface area contributed by atoms with Crippen molar-refractivity contribution in [1.29, 1.82) is 0 Å². The van der Waals surface area contributed by atoms with Crippen molar-refractivity contribution in [3.63, 3.8) is 0 Å². The van der Waals surface area contributed by atoms with Gasteiger partial charge in [-0.15, -0.1) is 0 Å². The summed E-state index contributed by atoms with van der Waals surface area (Å²) in [5.41, 5.74) is 0. The number of ether oxygens (including phenoxy) is 5. The molecule has 0 aromatic heterocycles. The highest BCUT2D eigenvalue weighted by atomic mass is 16.8. The maximum absolute atomic E-state index is 10.6. The van der Waals surface area contributed by atoms with E-state index in [0.717, 1.165) is 0 Å². The molecule has 3 aliphatic rings. The van der Waals surface area contributed by atoms with Gasteiger partial charge in [0.2, 0.25) is 0 Å². The minimum absolute atomic E-state index is 0.769. The quantitative estimate of drug-likeness (QED) is 0.154. The van der Waals surface area contributed by atoms with Gasteiger partial charge in [0.25, 0.3) is 0 Å². The van der Waals surface area contributed by atoms with Crippen LogP contribution in [0.15, 0.2) is 0 Å². The topological polar surface area (TPSA) is 269 Å². The molecule has 11 N–H and O–H groups in total. The summed E-state index contributed by atoms with van der Waals surface area (Å²) in [5.74, 6) is 0. The average Bonchev–Trinajstić information content (AvgIpc) is 2.83. The summed E-state index contributed by atoms with van der Waals surface area (Å²) in [6, 6.07) is 0. The number of aliphatic hydroxyl groups is 11. The lowest BCUT2D eigenvalue weighted by Crippen LogP contribution is -2.67. The minimum atomic E-state index is -1.94. The monoisotopic (exact) mass is 504 g/mol. The van der Waals surface area contributed by atoms with Crippen LogP contribution in [0, 0.1) is 0 Å². The van der Waals surface area contributed by atoms with E-state index in [1.807, 2.05) is 0 Å². The van der Waals surface area contributed by atoms with Gasteiger partial charge < -0.3 is 79.9 Å².